The number of nitrogens with zero attached hydrogens (tertiary/aromatic N) is 2. The van der Waals surface area contributed by atoms with E-state index in [0.717, 1.165) is 25.9 Å². The predicted octanol–water partition coefficient (Wildman–Crippen LogP) is 2.85. The molecule has 1 atom stereocenters. The molecule has 1 aromatic carbocycles. The number of pyridine rings is 1. The van der Waals surface area contributed by atoms with Crippen molar-refractivity contribution in [3.63, 3.8) is 0 Å². The normalized spacial score (nSPS) is 17.7. The van der Waals surface area contributed by atoms with Crippen molar-refractivity contribution >= 4 is 5.91 Å². The maximum Gasteiger partial charge on any atom is 0.227 e. The smallest absolute Gasteiger partial charge is 0.227 e. The van der Waals surface area contributed by atoms with E-state index in [2.05, 4.69) is 4.98 Å². The first-order chi connectivity index (χ1) is 10.7. The molecule has 0 N–H and O–H groups in total. The molecule has 0 saturated carbocycles. The number of benzene rings is 1. The summed E-state index contributed by atoms with van der Waals surface area (Å²) in [5.41, 5.74) is 1.73. The molecule has 1 amide bonds. The van der Waals surface area contributed by atoms with Crippen LogP contribution in [0.1, 0.15) is 17.5 Å². The first kappa shape index (κ1) is 14.7. The minimum absolute atomic E-state index is 0.0160. The molecule has 2 heterocycles. The summed E-state index contributed by atoms with van der Waals surface area (Å²) < 4.78 is 13.6. The zero-order valence-electron chi connectivity index (χ0n) is 12.4. The summed E-state index contributed by atoms with van der Waals surface area (Å²) in [5, 5.41) is 0. The lowest BCUT2D eigenvalue weighted by Gasteiger charge is -2.17. The molecule has 4 heteroatoms. The first-order valence-corrected chi connectivity index (χ1v) is 7.62. The second kappa shape index (κ2) is 6.69. The molecule has 3 nitrogen and oxygen atoms in total. The summed E-state index contributed by atoms with van der Waals surface area (Å²) in [5.74, 6) is 0.192. The molecule has 0 spiro atoms. The van der Waals surface area contributed by atoms with Crippen LogP contribution >= 0.6 is 0 Å². The number of halogens is 1. The van der Waals surface area contributed by atoms with E-state index >= 15 is 0 Å². The number of carbonyl (C=O) groups excluding carboxylic acids is 1. The molecule has 0 aliphatic carbocycles. The Morgan fingerprint density at radius 1 is 1.23 bits per heavy atom. The summed E-state index contributed by atoms with van der Waals surface area (Å²) in [6.45, 7) is 1.53. The fraction of sp³-hybridized carbons (Fsp3) is 0.333. The Morgan fingerprint density at radius 2 is 2.00 bits per heavy atom. The van der Waals surface area contributed by atoms with Crippen molar-refractivity contribution in [1.82, 2.24) is 9.88 Å². The molecule has 114 valence electrons. The lowest BCUT2D eigenvalue weighted by atomic mass is 10.00. The zero-order valence-corrected chi connectivity index (χ0v) is 12.4. The van der Waals surface area contributed by atoms with Crippen LogP contribution in [-0.2, 0) is 17.6 Å². The average Bonchev–Trinajstić information content (AvgIpc) is 2.99. The molecule has 1 unspecified atom stereocenters. The van der Waals surface area contributed by atoms with Gasteiger partial charge in [0.25, 0.3) is 0 Å². The van der Waals surface area contributed by atoms with E-state index in [9.17, 15) is 9.18 Å². The zero-order chi connectivity index (χ0) is 15.4. The van der Waals surface area contributed by atoms with Gasteiger partial charge < -0.3 is 4.90 Å². The first-order valence-electron chi connectivity index (χ1n) is 7.62. The third-order valence-corrected chi connectivity index (χ3v) is 4.21. The standard InChI is InChI=1S/C18H19FN2O/c19-17-4-2-1-3-16(17)12-18(22)21-10-7-15(13-21)11-14-5-8-20-9-6-14/h1-6,8-9,15H,7,10-13H2. The van der Waals surface area contributed by atoms with Crippen LogP contribution in [0.15, 0.2) is 48.8 Å². The van der Waals surface area contributed by atoms with Crippen molar-refractivity contribution in [2.24, 2.45) is 5.92 Å². The van der Waals surface area contributed by atoms with E-state index in [1.165, 1.54) is 11.6 Å². The van der Waals surface area contributed by atoms with Gasteiger partial charge in [0.1, 0.15) is 5.82 Å². The van der Waals surface area contributed by atoms with Crippen molar-refractivity contribution in [2.75, 3.05) is 13.1 Å². The van der Waals surface area contributed by atoms with Crippen molar-refractivity contribution in [2.45, 2.75) is 19.3 Å². The Labute approximate surface area is 129 Å². The SMILES string of the molecule is O=C(Cc1ccccc1F)N1CCC(Cc2ccncc2)C1. The van der Waals surface area contributed by atoms with Crippen LogP contribution in [0, 0.1) is 11.7 Å². The van der Waals surface area contributed by atoms with Crippen LogP contribution in [0.5, 0.6) is 0 Å². The highest BCUT2D eigenvalue weighted by molar-refractivity contribution is 5.79. The van der Waals surface area contributed by atoms with E-state index in [4.69, 9.17) is 0 Å². The van der Waals surface area contributed by atoms with Crippen LogP contribution in [0.25, 0.3) is 0 Å². The lowest BCUT2D eigenvalue weighted by Crippen LogP contribution is -2.30. The Bertz CT molecular complexity index is 645. The largest absolute Gasteiger partial charge is 0.342 e. The maximum atomic E-state index is 13.6. The molecule has 0 radical (unpaired) electrons. The minimum Gasteiger partial charge on any atom is -0.342 e. The Balaban J connectivity index is 1.56. The predicted molar refractivity (Wildman–Crippen MR) is 82.7 cm³/mol. The molecule has 1 saturated heterocycles. The van der Waals surface area contributed by atoms with E-state index in [1.807, 2.05) is 17.0 Å². The fourth-order valence-corrected chi connectivity index (χ4v) is 2.99. The Kier molecular flexibility index (Phi) is 4.47. The van der Waals surface area contributed by atoms with Gasteiger partial charge in [0.15, 0.2) is 0 Å². The van der Waals surface area contributed by atoms with Gasteiger partial charge in [-0.3, -0.25) is 9.78 Å². The highest BCUT2D eigenvalue weighted by Gasteiger charge is 2.26. The highest BCUT2D eigenvalue weighted by Crippen LogP contribution is 2.21. The second-order valence-electron chi connectivity index (χ2n) is 5.82. The van der Waals surface area contributed by atoms with E-state index in [0.29, 0.717) is 11.5 Å². The summed E-state index contributed by atoms with van der Waals surface area (Å²) in [6.07, 6.45) is 5.71. The van der Waals surface area contributed by atoms with Crippen LogP contribution < -0.4 is 0 Å². The molecular weight excluding hydrogens is 279 g/mol. The quantitative estimate of drug-likeness (QED) is 0.869. The van der Waals surface area contributed by atoms with Crippen LogP contribution in [0.3, 0.4) is 0 Å². The third kappa shape index (κ3) is 3.50. The van der Waals surface area contributed by atoms with Crippen molar-refractivity contribution in [1.29, 1.82) is 0 Å². The summed E-state index contributed by atoms with van der Waals surface area (Å²) in [7, 11) is 0. The van der Waals surface area contributed by atoms with E-state index < -0.39 is 0 Å². The van der Waals surface area contributed by atoms with Gasteiger partial charge in [-0.1, -0.05) is 18.2 Å². The lowest BCUT2D eigenvalue weighted by molar-refractivity contribution is -0.129. The number of rotatable bonds is 4. The molecule has 1 fully saturated rings. The second-order valence-corrected chi connectivity index (χ2v) is 5.82. The summed E-state index contributed by atoms with van der Waals surface area (Å²) >= 11 is 0. The number of likely N-dealkylation sites (tertiary alicyclic amines) is 1. The minimum atomic E-state index is -0.302. The van der Waals surface area contributed by atoms with Crippen molar-refractivity contribution < 1.29 is 9.18 Å². The fourth-order valence-electron chi connectivity index (χ4n) is 2.99. The third-order valence-electron chi connectivity index (χ3n) is 4.21. The maximum absolute atomic E-state index is 13.6. The van der Waals surface area contributed by atoms with Crippen molar-refractivity contribution in [3.8, 4) is 0 Å². The molecular formula is C18H19FN2O. The van der Waals surface area contributed by atoms with Gasteiger partial charge in [0.2, 0.25) is 5.91 Å². The molecule has 1 aromatic heterocycles. The number of carbonyl (C=O) groups is 1. The molecule has 1 aliphatic heterocycles. The van der Waals surface area contributed by atoms with Crippen LogP contribution in [-0.4, -0.2) is 28.9 Å². The number of aromatic nitrogens is 1. The Hall–Kier alpha value is -2.23. The highest BCUT2D eigenvalue weighted by atomic mass is 19.1. The topological polar surface area (TPSA) is 33.2 Å². The average molecular weight is 298 g/mol. The molecule has 1 aliphatic rings. The van der Waals surface area contributed by atoms with E-state index in [-0.39, 0.29) is 18.1 Å². The van der Waals surface area contributed by atoms with Gasteiger partial charge in [-0.05, 0) is 48.1 Å². The number of hydrogen-bond donors (Lipinski definition) is 0. The van der Waals surface area contributed by atoms with Gasteiger partial charge in [-0.15, -0.1) is 0 Å². The molecule has 3 rings (SSSR count). The van der Waals surface area contributed by atoms with Crippen molar-refractivity contribution in [3.05, 3.63) is 65.7 Å². The van der Waals surface area contributed by atoms with Gasteiger partial charge >= 0.3 is 0 Å². The number of hydrogen-bond acceptors (Lipinski definition) is 2. The Morgan fingerprint density at radius 3 is 2.77 bits per heavy atom. The molecule has 22 heavy (non-hydrogen) atoms. The van der Waals surface area contributed by atoms with Gasteiger partial charge in [0, 0.05) is 25.5 Å². The van der Waals surface area contributed by atoms with Gasteiger partial charge in [-0.25, -0.2) is 4.39 Å². The molecule has 0 bridgehead atoms. The summed E-state index contributed by atoms with van der Waals surface area (Å²) in [4.78, 5) is 18.2. The molecule has 2 aromatic rings. The monoisotopic (exact) mass is 298 g/mol. The van der Waals surface area contributed by atoms with Gasteiger partial charge in [0.05, 0.1) is 6.42 Å². The van der Waals surface area contributed by atoms with E-state index in [1.54, 1.807) is 30.6 Å². The van der Waals surface area contributed by atoms with Gasteiger partial charge in [-0.2, -0.15) is 0 Å². The summed E-state index contributed by atoms with van der Waals surface area (Å²) in [6, 6.07) is 10.5. The van der Waals surface area contributed by atoms with Crippen LogP contribution in [0.4, 0.5) is 4.39 Å². The number of amides is 1. The van der Waals surface area contributed by atoms with Crippen LogP contribution in [0.2, 0.25) is 0 Å².